The van der Waals surface area contributed by atoms with Crippen molar-refractivity contribution in [2.75, 3.05) is 11.9 Å². The predicted molar refractivity (Wildman–Crippen MR) is 100 cm³/mol. The molecule has 2 N–H and O–H groups in total. The molecule has 3 rings (SSSR count). The number of anilines is 1. The van der Waals surface area contributed by atoms with E-state index < -0.39 is 17.8 Å². The Morgan fingerprint density at radius 2 is 1.96 bits per heavy atom. The molecule has 1 fully saturated rings. The van der Waals surface area contributed by atoms with Gasteiger partial charge in [0.1, 0.15) is 12.2 Å². The molecule has 25 heavy (non-hydrogen) atoms. The molecule has 0 aliphatic carbocycles. The third kappa shape index (κ3) is 4.15. The van der Waals surface area contributed by atoms with Gasteiger partial charge in [0, 0.05) is 10.6 Å². The van der Waals surface area contributed by atoms with Gasteiger partial charge in [0.05, 0.1) is 3.79 Å². The molecule has 0 radical (unpaired) electrons. The second kappa shape index (κ2) is 7.20. The second-order valence-corrected chi connectivity index (χ2v) is 7.93. The average molecular weight is 420 g/mol. The Morgan fingerprint density at radius 1 is 1.24 bits per heavy atom. The number of nitrogens with one attached hydrogen (secondary N) is 2. The molecular weight excluding hydrogens is 406 g/mol. The van der Waals surface area contributed by atoms with E-state index in [0.29, 0.717) is 5.69 Å². The Kier molecular flexibility index (Phi) is 5.00. The van der Waals surface area contributed by atoms with E-state index in [0.717, 1.165) is 19.1 Å². The van der Waals surface area contributed by atoms with Crippen molar-refractivity contribution in [2.24, 2.45) is 0 Å². The van der Waals surface area contributed by atoms with E-state index in [1.165, 1.54) is 11.3 Å². The largest absolute Gasteiger partial charge is 0.329 e. The first-order chi connectivity index (χ1) is 11.9. The summed E-state index contributed by atoms with van der Waals surface area (Å²) in [5.41, 5.74) is 1.84. The summed E-state index contributed by atoms with van der Waals surface area (Å²) < 4.78 is 0.922. The van der Waals surface area contributed by atoms with Crippen molar-refractivity contribution in [1.29, 1.82) is 0 Å². The number of halogens is 1. The molecule has 1 aliphatic heterocycles. The molecule has 128 valence electrons. The first-order valence-corrected chi connectivity index (χ1v) is 9.00. The fourth-order valence-electron chi connectivity index (χ4n) is 2.24. The van der Waals surface area contributed by atoms with Crippen molar-refractivity contribution in [3.63, 3.8) is 0 Å². The van der Waals surface area contributed by atoms with Gasteiger partial charge in [-0.1, -0.05) is 17.7 Å². The van der Waals surface area contributed by atoms with Crippen LogP contribution in [0.3, 0.4) is 0 Å². The molecule has 1 aliphatic rings. The van der Waals surface area contributed by atoms with Crippen LogP contribution in [-0.4, -0.2) is 29.3 Å². The molecule has 0 spiro atoms. The summed E-state index contributed by atoms with van der Waals surface area (Å²) in [6, 6.07) is 10.3. The fraction of sp³-hybridized carbons (Fsp3) is 0.118. The highest BCUT2D eigenvalue weighted by molar-refractivity contribution is 9.11. The number of benzene rings is 1. The molecule has 1 aromatic heterocycles. The van der Waals surface area contributed by atoms with Crippen LogP contribution in [0, 0.1) is 6.92 Å². The number of nitrogens with zero attached hydrogens (tertiary/aromatic N) is 1. The summed E-state index contributed by atoms with van der Waals surface area (Å²) in [5.74, 6) is -0.957. The van der Waals surface area contributed by atoms with E-state index in [-0.39, 0.29) is 12.2 Å². The normalized spacial score (nSPS) is 15.6. The van der Waals surface area contributed by atoms with Crippen LogP contribution in [0.2, 0.25) is 0 Å². The molecule has 1 saturated heterocycles. The van der Waals surface area contributed by atoms with Gasteiger partial charge in [0.15, 0.2) is 0 Å². The van der Waals surface area contributed by atoms with Crippen molar-refractivity contribution in [1.82, 2.24) is 10.2 Å². The Bertz CT molecular complexity index is 874. The highest BCUT2D eigenvalue weighted by Gasteiger charge is 2.34. The number of amides is 4. The number of aryl methyl sites for hydroxylation is 1. The Labute approximate surface area is 156 Å². The van der Waals surface area contributed by atoms with Crippen LogP contribution in [0.15, 0.2) is 45.9 Å². The average Bonchev–Trinajstić information content (AvgIpc) is 3.08. The molecule has 0 atom stereocenters. The van der Waals surface area contributed by atoms with Gasteiger partial charge in [0.2, 0.25) is 5.91 Å². The van der Waals surface area contributed by atoms with Crippen molar-refractivity contribution < 1.29 is 14.4 Å². The molecule has 1 aromatic carbocycles. The third-order valence-electron chi connectivity index (χ3n) is 3.48. The molecule has 6 nitrogen and oxygen atoms in total. The first kappa shape index (κ1) is 17.4. The van der Waals surface area contributed by atoms with E-state index >= 15 is 0 Å². The lowest BCUT2D eigenvalue weighted by molar-refractivity contribution is -0.127. The molecule has 0 saturated carbocycles. The Hall–Kier alpha value is -2.45. The number of urea groups is 1. The standard InChI is InChI=1S/C17H14BrN3O3S/c1-10-2-4-11(5-3-10)19-15(22)9-21-16(23)13(20-17(21)24)8-12-6-7-14(18)25-12/h2-8H,9H2,1H3,(H,19,22)(H,20,24). The third-order valence-corrected chi connectivity index (χ3v) is 5.05. The lowest BCUT2D eigenvalue weighted by Crippen LogP contribution is -2.38. The zero-order valence-corrected chi connectivity index (χ0v) is 15.6. The molecule has 0 unspecified atom stereocenters. The summed E-state index contributed by atoms with van der Waals surface area (Å²) >= 11 is 4.78. The lowest BCUT2D eigenvalue weighted by Gasteiger charge is -2.12. The maximum Gasteiger partial charge on any atom is 0.329 e. The fourth-order valence-corrected chi connectivity index (χ4v) is 3.61. The van der Waals surface area contributed by atoms with Crippen LogP contribution >= 0.6 is 27.3 Å². The minimum absolute atomic E-state index is 0.155. The van der Waals surface area contributed by atoms with Gasteiger partial charge in [0.25, 0.3) is 5.91 Å². The van der Waals surface area contributed by atoms with Crippen LogP contribution in [-0.2, 0) is 9.59 Å². The van der Waals surface area contributed by atoms with E-state index in [9.17, 15) is 14.4 Å². The SMILES string of the molecule is Cc1ccc(NC(=O)CN2C(=O)NC(=Cc3ccc(Br)s3)C2=O)cc1. The van der Waals surface area contributed by atoms with E-state index in [4.69, 9.17) is 0 Å². The summed E-state index contributed by atoms with van der Waals surface area (Å²) in [4.78, 5) is 38.1. The molecule has 8 heteroatoms. The number of hydrogen-bond acceptors (Lipinski definition) is 4. The minimum atomic E-state index is -0.606. The van der Waals surface area contributed by atoms with E-state index in [1.54, 1.807) is 18.2 Å². The van der Waals surface area contributed by atoms with E-state index in [1.807, 2.05) is 31.2 Å². The number of carbonyl (C=O) groups excluding carboxylic acids is 3. The summed E-state index contributed by atoms with van der Waals surface area (Å²) in [6.07, 6.45) is 1.59. The lowest BCUT2D eigenvalue weighted by atomic mass is 10.2. The summed E-state index contributed by atoms with van der Waals surface area (Å²) in [5, 5.41) is 5.17. The van der Waals surface area contributed by atoms with Gasteiger partial charge in [-0.15, -0.1) is 11.3 Å². The zero-order chi connectivity index (χ0) is 18.0. The van der Waals surface area contributed by atoms with Crippen LogP contribution < -0.4 is 10.6 Å². The Balaban J connectivity index is 1.67. The van der Waals surface area contributed by atoms with Gasteiger partial charge < -0.3 is 10.6 Å². The monoisotopic (exact) mass is 419 g/mol. The smallest absolute Gasteiger partial charge is 0.325 e. The molecular formula is C17H14BrN3O3S. The zero-order valence-electron chi connectivity index (χ0n) is 13.2. The maximum absolute atomic E-state index is 12.3. The second-order valence-electron chi connectivity index (χ2n) is 5.44. The number of imide groups is 1. The molecule has 2 aromatic rings. The predicted octanol–water partition coefficient (Wildman–Crippen LogP) is 3.35. The van der Waals surface area contributed by atoms with Gasteiger partial charge >= 0.3 is 6.03 Å². The van der Waals surface area contributed by atoms with Crippen molar-refractivity contribution in [2.45, 2.75) is 6.92 Å². The summed E-state index contributed by atoms with van der Waals surface area (Å²) in [6.45, 7) is 1.60. The Morgan fingerprint density at radius 3 is 2.60 bits per heavy atom. The van der Waals surface area contributed by atoms with Gasteiger partial charge in [-0.25, -0.2) is 9.69 Å². The highest BCUT2D eigenvalue weighted by atomic mass is 79.9. The van der Waals surface area contributed by atoms with Gasteiger partial charge in [-0.3, -0.25) is 9.59 Å². The molecule has 2 heterocycles. The van der Waals surface area contributed by atoms with Crippen molar-refractivity contribution in [3.05, 3.63) is 56.3 Å². The first-order valence-electron chi connectivity index (χ1n) is 7.39. The maximum atomic E-state index is 12.3. The molecule has 4 amide bonds. The van der Waals surface area contributed by atoms with Crippen LogP contribution in [0.4, 0.5) is 10.5 Å². The number of thiophene rings is 1. The van der Waals surface area contributed by atoms with Gasteiger partial charge in [-0.05, 0) is 53.2 Å². The molecule has 0 bridgehead atoms. The highest BCUT2D eigenvalue weighted by Crippen LogP contribution is 2.25. The topological polar surface area (TPSA) is 78.5 Å². The quantitative estimate of drug-likeness (QED) is 0.588. The van der Waals surface area contributed by atoms with Crippen LogP contribution in [0.25, 0.3) is 6.08 Å². The summed E-state index contributed by atoms with van der Waals surface area (Å²) in [7, 11) is 0. The van der Waals surface area contributed by atoms with Gasteiger partial charge in [-0.2, -0.15) is 0 Å². The number of hydrogen-bond donors (Lipinski definition) is 2. The van der Waals surface area contributed by atoms with Crippen LogP contribution in [0.1, 0.15) is 10.4 Å². The van der Waals surface area contributed by atoms with Crippen molar-refractivity contribution in [3.8, 4) is 0 Å². The van der Waals surface area contributed by atoms with Crippen molar-refractivity contribution >= 4 is 56.9 Å². The minimum Gasteiger partial charge on any atom is -0.325 e. The number of carbonyl (C=O) groups is 3. The van der Waals surface area contributed by atoms with E-state index in [2.05, 4.69) is 26.6 Å². The number of rotatable bonds is 4. The van der Waals surface area contributed by atoms with Crippen LogP contribution in [0.5, 0.6) is 0 Å².